The topological polar surface area (TPSA) is 76.5 Å². The Hall–Kier alpha value is -3.19. The van der Waals surface area contributed by atoms with Crippen molar-refractivity contribution in [2.75, 3.05) is 20.1 Å². The third-order valence-electron chi connectivity index (χ3n) is 6.48. The molecule has 0 saturated carbocycles. The molecule has 1 N–H and O–H groups in total. The summed E-state index contributed by atoms with van der Waals surface area (Å²) in [6, 6.07) is 14.9. The van der Waals surface area contributed by atoms with Gasteiger partial charge < -0.3 is 15.0 Å². The summed E-state index contributed by atoms with van der Waals surface area (Å²) in [7, 11) is 2.12. The highest BCUT2D eigenvalue weighted by atomic mass is 16.5. The van der Waals surface area contributed by atoms with Crippen LogP contribution >= 0.6 is 0 Å². The Morgan fingerprint density at radius 3 is 2.74 bits per heavy atom. The van der Waals surface area contributed by atoms with Crippen LogP contribution in [0.2, 0.25) is 0 Å². The average molecular weight is 418 g/mol. The van der Waals surface area contributed by atoms with Crippen molar-refractivity contribution in [2.24, 2.45) is 0 Å². The molecule has 1 amide bonds. The number of rotatable bonds is 3. The number of piperidine rings is 1. The summed E-state index contributed by atoms with van der Waals surface area (Å²) in [5.74, 6) is 0.636. The highest BCUT2D eigenvalue weighted by Crippen LogP contribution is 2.44. The molecule has 1 fully saturated rings. The monoisotopic (exact) mass is 418 g/mol. The van der Waals surface area contributed by atoms with Gasteiger partial charge >= 0.3 is 0 Å². The van der Waals surface area contributed by atoms with E-state index in [0.717, 1.165) is 43.7 Å². The first kappa shape index (κ1) is 19.8. The molecule has 1 saturated heterocycles. The van der Waals surface area contributed by atoms with Crippen LogP contribution < -0.4 is 15.6 Å². The van der Waals surface area contributed by atoms with Crippen molar-refractivity contribution in [3.05, 3.63) is 70.8 Å². The molecule has 3 aromatic rings. The van der Waals surface area contributed by atoms with Gasteiger partial charge in [-0.2, -0.15) is 0 Å². The molecule has 0 bridgehead atoms. The first-order valence-electron chi connectivity index (χ1n) is 10.7. The number of aromatic nitrogens is 2. The van der Waals surface area contributed by atoms with Gasteiger partial charge in [0.1, 0.15) is 17.9 Å². The van der Waals surface area contributed by atoms with Gasteiger partial charge in [-0.15, -0.1) is 0 Å². The molecular formula is C24H26N4O3. The van der Waals surface area contributed by atoms with E-state index in [-0.39, 0.29) is 29.7 Å². The summed E-state index contributed by atoms with van der Waals surface area (Å²) >= 11 is 0. The molecule has 0 radical (unpaired) electrons. The van der Waals surface area contributed by atoms with E-state index in [1.165, 1.54) is 10.9 Å². The highest BCUT2D eigenvalue weighted by molar-refractivity contribution is 5.79. The van der Waals surface area contributed by atoms with E-state index in [1.54, 1.807) is 18.2 Å². The maximum Gasteiger partial charge on any atom is 0.261 e. The Morgan fingerprint density at radius 1 is 1.16 bits per heavy atom. The summed E-state index contributed by atoms with van der Waals surface area (Å²) in [5.41, 5.74) is 1.15. The van der Waals surface area contributed by atoms with Crippen LogP contribution in [0.5, 0.6) is 5.75 Å². The van der Waals surface area contributed by atoms with Gasteiger partial charge in [-0.05, 0) is 38.1 Å². The van der Waals surface area contributed by atoms with Gasteiger partial charge in [-0.25, -0.2) is 4.98 Å². The second kappa shape index (κ2) is 7.81. The van der Waals surface area contributed by atoms with Crippen LogP contribution in [0.25, 0.3) is 10.9 Å². The zero-order chi connectivity index (χ0) is 21.4. The molecule has 2 aliphatic rings. The van der Waals surface area contributed by atoms with Gasteiger partial charge in [-0.3, -0.25) is 14.2 Å². The number of nitrogens with zero attached hydrogens (tertiary/aromatic N) is 3. The molecule has 3 heterocycles. The summed E-state index contributed by atoms with van der Waals surface area (Å²) in [4.78, 5) is 32.3. The third-order valence-corrected chi connectivity index (χ3v) is 6.48. The van der Waals surface area contributed by atoms with Crippen LogP contribution in [-0.2, 0) is 11.3 Å². The van der Waals surface area contributed by atoms with Crippen LogP contribution in [0.3, 0.4) is 0 Å². The van der Waals surface area contributed by atoms with Crippen molar-refractivity contribution in [2.45, 2.75) is 37.5 Å². The quantitative estimate of drug-likeness (QED) is 0.707. The number of benzene rings is 2. The number of amides is 1. The Balaban J connectivity index is 1.38. The van der Waals surface area contributed by atoms with Crippen molar-refractivity contribution >= 4 is 16.8 Å². The number of likely N-dealkylation sites (tertiary alicyclic amines) is 1. The summed E-state index contributed by atoms with van der Waals surface area (Å²) in [6.07, 6.45) is 4.03. The lowest BCUT2D eigenvalue weighted by Crippen LogP contribution is -2.51. The lowest BCUT2D eigenvalue weighted by Gasteiger charge is -2.46. The van der Waals surface area contributed by atoms with Gasteiger partial charge in [0.05, 0.1) is 23.3 Å². The van der Waals surface area contributed by atoms with Gasteiger partial charge in [0.2, 0.25) is 5.91 Å². The number of nitrogens with one attached hydrogen (secondary N) is 1. The molecule has 1 spiro atoms. The van der Waals surface area contributed by atoms with Crippen LogP contribution in [0.1, 0.15) is 30.9 Å². The van der Waals surface area contributed by atoms with Crippen molar-refractivity contribution in [1.82, 2.24) is 19.8 Å². The maximum atomic E-state index is 13.0. The van der Waals surface area contributed by atoms with E-state index >= 15 is 0 Å². The van der Waals surface area contributed by atoms with Crippen molar-refractivity contribution in [1.29, 1.82) is 0 Å². The SMILES string of the molecule is CN1CCC2(CC1)C[C@H](NC(=O)Cn1cnc3ccccc3c1=O)c1ccccc1O2. The minimum Gasteiger partial charge on any atom is -0.487 e. The lowest BCUT2D eigenvalue weighted by atomic mass is 9.80. The maximum absolute atomic E-state index is 13.0. The first-order valence-corrected chi connectivity index (χ1v) is 10.7. The smallest absolute Gasteiger partial charge is 0.261 e. The number of carbonyl (C=O) groups is 1. The van der Waals surface area contributed by atoms with E-state index in [0.29, 0.717) is 10.9 Å². The number of hydrogen-bond acceptors (Lipinski definition) is 5. The number of fused-ring (bicyclic) bond motifs is 2. The van der Waals surface area contributed by atoms with Gasteiger partial charge in [0, 0.05) is 25.1 Å². The van der Waals surface area contributed by atoms with Crippen LogP contribution in [0, 0.1) is 0 Å². The second-order valence-corrected chi connectivity index (χ2v) is 8.65. The van der Waals surface area contributed by atoms with E-state index < -0.39 is 0 Å². The fourth-order valence-electron chi connectivity index (χ4n) is 4.69. The molecule has 5 rings (SSSR count). The number of carbonyl (C=O) groups excluding carboxylic acids is 1. The first-order chi connectivity index (χ1) is 15.0. The van der Waals surface area contributed by atoms with Crippen molar-refractivity contribution in [3.8, 4) is 5.75 Å². The fourth-order valence-corrected chi connectivity index (χ4v) is 4.69. The summed E-state index contributed by atoms with van der Waals surface area (Å²) < 4.78 is 7.83. The van der Waals surface area contributed by atoms with Crippen molar-refractivity contribution < 1.29 is 9.53 Å². The Morgan fingerprint density at radius 2 is 1.90 bits per heavy atom. The molecule has 2 aromatic carbocycles. The van der Waals surface area contributed by atoms with Gasteiger partial charge in [0.15, 0.2) is 0 Å². The lowest BCUT2D eigenvalue weighted by molar-refractivity contribution is -0.123. The van der Waals surface area contributed by atoms with Gasteiger partial charge in [-0.1, -0.05) is 30.3 Å². The van der Waals surface area contributed by atoms with Crippen LogP contribution in [0.4, 0.5) is 0 Å². The highest BCUT2D eigenvalue weighted by Gasteiger charge is 2.43. The normalized spacial score (nSPS) is 20.2. The van der Waals surface area contributed by atoms with Crippen LogP contribution in [0.15, 0.2) is 59.7 Å². The molecule has 0 unspecified atom stereocenters. The minimum absolute atomic E-state index is 0.0636. The standard InChI is InChI=1S/C24H26N4O3/c1-27-12-10-24(11-13-27)14-20(17-6-3-5-9-21(17)31-24)26-22(29)15-28-16-25-19-8-4-2-7-18(19)23(28)30/h2-9,16,20H,10-15H2,1H3,(H,26,29)/t20-/m0/s1. The molecule has 1 atom stereocenters. The number of hydrogen-bond donors (Lipinski definition) is 1. The summed E-state index contributed by atoms with van der Waals surface area (Å²) in [5, 5.41) is 3.68. The van der Waals surface area contributed by atoms with E-state index in [9.17, 15) is 9.59 Å². The predicted octanol–water partition coefficient (Wildman–Crippen LogP) is 2.50. The number of ether oxygens (including phenoxy) is 1. The van der Waals surface area contributed by atoms with Crippen LogP contribution in [-0.4, -0.2) is 46.1 Å². The zero-order valence-corrected chi connectivity index (χ0v) is 17.6. The van der Waals surface area contributed by atoms with E-state index in [4.69, 9.17) is 4.74 Å². The third kappa shape index (κ3) is 3.81. The Labute approximate surface area is 180 Å². The van der Waals surface area contributed by atoms with E-state index in [2.05, 4.69) is 22.2 Å². The molecular weight excluding hydrogens is 392 g/mol. The largest absolute Gasteiger partial charge is 0.487 e. The fraction of sp³-hybridized carbons (Fsp3) is 0.375. The van der Waals surface area contributed by atoms with Crippen molar-refractivity contribution in [3.63, 3.8) is 0 Å². The molecule has 2 aliphatic heterocycles. The molecule has 7 nitrogen and oxygen atoms in total. The average Bonchev–Trinajstić information content (AvgIpc) is 2.78. The summed E-state index contributed by atoms with van der Waals surface area (Å²) in [6.45, 7) is 1.88. The van der Waals surface area contributed by atoms with Gasteiger partial charge in [0.25, 0.3) is 5.56 Å². The molecule has 7 heteroatoms. The number of para-hydroxylation sites is 2. The predicted molar refractivity (Wildman–Crippen MR) is 118 cm³/mol. The molecule has 1 aromatic heterocycles. The van der Waals surface area contributed by atoms with E-state index in [1.807, 2.05) is 30.3 Å². The molecule has 160 valence electrons. The Bertz CT molecular complexity index is 1180. The zero-order valence-electron chi connectivity index (χ0n) is 17.6. The minimum atomic E-state index is -0.264. The Kier molecular flexibility index (Phi) is 4.98. The second-order valence-electron chi connectivity index (χ2n) is 8.65. The molecule has 31 heavy (non-hydrogen) atoms. The molecule has 0 aliphatic carbocycles.